The minimum Gasteiger partial charge on any atom is -0.493 e. The van der Waals surface area contributed by atoms with Gasteiger partial charge >= 0.3 is 6.09 Å². The van der Waals surface area contributed by atoms with Crippen LogP contribution in [-0.2, 0) is 13.0 Å². The number of ether oxygens (including phenoxy) is 1. The molecular formula is C31H37N3O4S. The van der Waals surface area contributed by atoms with Gasteiger partial charge in [0, 0.05) is 43.0 Å². The zero-order valence-corrected chi connectivity index (χ0v) is 23.5. The Morgan fingerprint density at radius 2 is 1.74 bits per heavy atom. The van der Waals surface area contributed by atoms with Crippen molar-refractivity contribution >= 4 is 17.4 Å². The van der Waals surface area contributed by atoms with Crippen molar-refractivity contribution in [2.24, 2.45) is 11.8 Å². The molecule has 7 nitrogen and oxygen atoms in total. The van der Waals surface area contributed by atoms with Gasteiger partial charge in [0.2, 0.25) is 0 Å². The van der Waals surface area contributed by atoms with Gasteiger partial charge in [-0.15, -0.1) is 11.3 Å². The number of hydrogen-bond donors (Lipinski definition) is 2. The molecule has 39 heavy (non-hydrogen) atoms. The SMILES string of the molecule is Cc1c(OCCCN2CC3CC(O)CC3C2)cccc1-c1cccc(-c2nc3c(s2)CN(C(=O)O)CC3)c1C. The Bertz CT molecular complexity index is 1360. The molecule has 6 rings (SSSR count). The number of hydrogen-bond acceptors (Lipinski definition) is 6. The monoisotopic (exact) mass is 547 g/mol. The number of benzene rings is 2. The fourth-order valence-electron chi connectivity index (χ4n) is 6.71. The van der Waals surface area contributed by atoms with Crippen molar-refractivity contribution in [3.05, 3.63) is 58.1 Å². The Balaban J connectivity index is 1.13. The Kier molecular flexibility index (Phi) is 7.35. The average Bonchev–Trinajstić information content (AvgIpc) is 3.60. The van der Waals surface area contributed by atoms with Crippen LogP contribution < -0.4 is 4.74 Å². The highest BCUT2D eigenvalue weighted by Gasteiger charge is 2.39. The molecule has 0 radical (unpaired) electrons. The van der Waals surface area contributed by atoms with Gasteiger partial charge in [-0.1, -0.05) is 30.3 Å². The van der Waals surface area contributed by atoms with E-state index in [1.165, 1.54) is 16.0 Å². The topological polar surface area (TPSA) is 86.1 Å². The zero-order valence-electron chi connectivity index (χ0n) is 22.7. The van der Waals surface area contributed by atoms with Gasteiger partial charge in [0.1, 0.15) is 10.8 Å². The van der Waals surface area contributed by atoms with E-state index in [4.69, 9.17) is 9.72 Å². The van der Waals surface area contributed by atoms with Crippen LogP contribution in [0.25, 0.3) is 21.7 Å². The standard InChI is InChI=1S/C31H37N3O4S/c1-19-24(6-3-8-26(19)30-32-27-10-12-34(31(36)37)18-29(27)39-30)25-7-4-9-28(20(25)2)38-13-5-11-33-16-21-14-23(35)15-22(21)17-33/h3-4,6-9,21-23,35H,5,10-18H2,1-2H3,(H,36,37). The van der Waals surface area contributed by atoms with E-state index in [-0.39, 0.29) is 6.10 Å². The maximum Gasteiger partial charge on any atom is 0.407 e. The number of thiazole rings is 1. The maximum absolute atomic E-state index is 11.4. The van der Waals surface area contributed by atoms with Gasteiger partial charge in [0.25, 0.3) is 0 Å². The van der Waals surface area contributed by atoms with Gasteiger partial charge in [0.15, 0.2) is 0 Å². The van der Waals surface area contributed by atoms with Crippen LogP contribution in [-0.4, -0.2) is 70.0 Å². The normalized spacial score (nSPS) is 22.6. The highest BCUT2D eigenvalue weighted by Crippen LogP contribution is 2.40. The second-order valence-corrected chi connectivity index (χ2v) is 12.4. The molecule has 3 heterocycles. The number of nitrogens with zero attached hydrogens (tertiary/aromatic N) is 3. The molecule has 2 aliphatic heterocycles. The van der Waals surface area contributed by atoms with E-state index in [0.29, 0.717) is 38.0 Å². The van der Waals surface area contributed by atoms with Crippen LogP contribution in [0.3, 0.4) is 0 Å². The molecule has 0 bridgehead atoms. The number of carboxylic acid groups (broad SMARTS) is 1. The van der Waals surface area contributed by atoms with Crippen molar-refractivity contribution in [2.75, 3.05) is 32.8 Å². The summed E-state index contributed by atoms with van der Waals surface area (Å²) in [7, 11) is 0. The molecule has 2 N–H and O–H groups in total. The fraction of sp³-hybridized carbons (Fsp3) is 0.484. The van der Waals surface area contributed by atoms with Gasteiger partial charge in [-0.3, -0.25) is 0 Å². The third kappa shape index (κ3) is 5.30. The van der Waals surface area contributed by atoms with Crippen molar-refractivity contribution in [1.29, 1.82) is 0 Å². The lowest BCUT2D eigenvalue weighted by atomic mass is 9.93. The molecule has 3 aromatic rings. The lowest BCUT2D eigenvalue weighted by Gasteiger charge is -2.22. The quantitative estimate of drug-likeness (QED) is 0.375. The van der Waals surface area contributed by atoms with Crippen molar-refractivity contribution in [1.82, 2.24) is 14.8 Å². The number of carbonyl (C=O) groups is 1. The maximum atomic E-state index is 11.4. The lowest BCUT2D eigenvalue weighted by Crippen LogP contribution is -2.34. The summed E-state index contributed by atoms with van der Waals surface area (Å²) in [5.41, 5.74) is 6.76. The van der Waals surface area contributed by atoms with Crippen molar-refractivity contribution < 1.29 is 19.7 Å². The second-order valence-electron chi connectivity index (χ2n) is 11.4. The number of fused-ring (bicyclic) bond motifs is 2. The minimum atomic E-state index is -0.870. The summed E-state index contributed by atoms with van der Waals surface area (Å²) < 4.78 is 6.28. The molecule has 2 atom stereocenters. The molecule has 2 unspecified atom stereocenters. The van der Waals surface area contributed by atoms with E-state index in [2.05, 4.69) is 55.1 Å². The molecule has 3 aliphatic rings. The number of likely N-dealkylation sites (tertiary alicyclic amines) is 1. The van der Waals surface area contributed by atoms with E-state index in [0.717, 1.165) is 76.9 Å². The summed E-state index contributed by atoms with van der Waals surface area (Å²) >= 11 is 1.61. The first-order chi connectivity index (χ1) is 18.9. The second kappa shape index (κ2) is 10.9. The summed E-state index contributed by atoms with van der Waals surface area (Å²) in [5, 5.41) is 20.2. The van der Waals surface area contributed by atoms with Crippen molar-refractivity contribution in [3.63, 3.8) is 0 Å². The van der Waals surface area contributed by atoms with Gasteiger partial charge in [0.05, 0.1) is 24.9 Å². The summed E-state index contributed by atoms with van der Waals surface area (Å²) in [4.78, 5) is 21.4. The van der Waals surface area contributed by atoms with Crippen molar-refractivity contribution in [2.45, 2.75) is 52.2 Å². The van der Waals surface area contributed by atoms with Crippen LogP contribution in [0.4, 0.5) is 4.79 Å². The Hall–Kier alpha value is -2.94. The summed E-state index contributed by atoms with van der Waals surface area (Å²) in [6.45, 7) is 9.16. The third-order valence-corrected chi connectivity index (χ3v) is 9.93. The first-order valence-corrected chi connectivity index (χ1v) is 14.9. The number of aliphatic hydroxyl groups is 1. The number of aliphatic hydroxyl groups excluding tert-OH is 1. The summed E-state index contributed by atoms with van der Waals surface area (Å²) in [5.74, 6) is 2.28. The largest absolute Gasteiger partial charge is 0.493 e. The molecule has 2 aromatic carbocycles. The highest BCUT2D eigenvalue weighted by atomic mass is 32.1. The van der Waals surface area contributed by atoms with Gasteiger partial charge in [-0.2, -0.15) is 0 Å². The van der Waals surface area contributed by atoms with Gasteiger partial charge < -0.3 is 24.7 Å². The van der Waals surface area contributed by atoms with E-state index >= 15 is 0 Å². The minimum absolute atomic E-state index is 0.0817. The Morgan fingerprint density at radius 3 is 2.49 bits per heavy atom. The van der Waals surface area contributed by atoms with E-state index in [9.17, 15) is 15.0 Å². The van der Waals surface area contributed by atoms with Gasteiger partial charge in [-0.05, 0) is 73.3 Å². The fourth-order valence-corrected chi connectivity index (χ4v) is 7.92. The molecule has 1 aromatic heterocycles. The molecular weight excluding hydrogens is 510 g/mol. The predicted molar refractivity (Wildman–Crippen MR) is 153 cm³/mol. The number of rotatable bonds is 7. The van der Waals surface area contributed by atoms with Crippen LogP contribution in [0.5, 0.6) is 5.75 Å². The molecule has 0 spiro atoms. The third-order valence-electron chi connectivity index (χ3n) is 8.82. The average molecular weight is 548 g/mol. The van der Waals surface area contributed by atoms with Crippen LogP contribution in [0.15, 0.2) is 36.4 Å². The number of amides is 1. The van der Waals surface area contributed by atoms with Crippen molar-refractivity contribution in [3.8, 4) is 27.4 Å². The predicted octanol–water partition coefficient (Wildman–Crippen LogP) is 5.60. The Labute approximate surface area is 234 Å². The summed E-state index contributed by atoms with van der Waals surface area (Å²) in [6.07, 6.45) is 2.65. The van der Waals surface area contributed by atoms with Crippen LogP contribution in [0, 0.1) is 25.7 Å². The molecule has 2 fully saturated rings. The molecule has 1 saturated heterocycles. The Morgan fingerprint density at radius 1 is 1.05 bits per heavy atom. The molecule has 206 valence electrons. The molecule has 1 aliphatic carbocycles. The van der Waals surface area contributed by atoms with Gasteiger partial charge in [-0.25, -0.2) is 9.78 Å². The molecule has 1 amide bonds. The summed E-state index contributed by atoms with van der Waals surface area (Å²) in [6, 6.07) is 12.6. The lowest BCUT2D eigenvalue weighted by molar-refractivity contribution is 0.140. The van der Waals surface area contributed by atoms with Crippen LogP contribution in [0.1, 0.15) is 41.0 Å². The first kappa shape index (κ1) is 26.3. The molecule has 1 saturated carbocycles. The van der Waals surface area contributed by atoms with Crippen LogP contribution >= 0.6 is 11.3 Å². The van der Waals surface area contributed by atoms with E-state index in [1.54, 1.807) is 11.3 Å². The number of aromatic nitrogens is 1. The first-order valence-electron chi connectivity index (χ1n) is 14.1. The smallest absolute Gasteiger partial charge is 0.407 e. The van der Waals surface area contributed by atoms with Crippen LogP contribution in [0.2, 0.25) is 0 Å². The zero-order chi connectivity index (χ0) is 27.1. The van der Waals surface area contributed by atoms with E-state index < -0.39 is 6.09 Å². The molecule has 8 heteroatoms. The highest BCUT2D eigenvalue weighted by molar-refractivity contribution is 7.15. The van der Waals surface area contributed by atoms with E-state index in [1.807, 2.05) is 0 Å².